The number of carbonyl (C=O) groups excluding carboxylic acids is 2. The van der Waals surface area contributed by atoms with Crippen molar-refractivity contribution in [1.82, 2.24) is 15.6 Å². The fourth-order valence-electron chi connectivity index (χ4n) is 2.62. The molecular weight excluding hydrogens is 334 g/mol. The van der Waals surface area contributed by atoms with Gasteiger partial charge in [-0.3, -0.25) is 14.4 Å². The number of hydrogen-bond acceptors (Lipinski definition) is 4. The van der Waals surface area contributed by atoms with Crippen molar-refractivity contribution in [3.63, 3.8) is 0 Å². The number of hydrogen-bond donors (Lipinski definition) is 3. The zero-order chi connectivity index (χ0) is 18.9. The number of rotatable bonds is 9. The van der Waals surface area contributed by atoms with E-state index in [0.717, 1.165) is 23.7 Å². The van der Waals surface area contributed by atoms with Gasteiger partial charge in [0.15, 0.2) is 0 Å². The van der Waals surface area contributed by atoms with Crippen LogP contribution in [-0.2, 0) is 16.0 Å². The van der Waals surface area contributed by atoms with Crippen LogP contribution in [0.2, 0.25) is 0 Å². The van der Waals surface area contributed by atoms with Crippen molar-refractivity contribution in [3.8, 4) is 5.75 Å². The third-order valence-corrected chi connectivity index (χ3v) is 4.05. The Labute approximate surface area is 152 Å². The van der Waals surface area contributed by atoms with Crippen LogP contribution in [0.15, 0.2) is 29.1 Å². The number of unbranched alkanes of at least 4 members (excludes halogenated alkanes) is 1. The fraction of sp³-hybridized carbons (Fsp3) is 0.421. The lowest BCUT2D eigenvalue weighted by molar-refractivity contribution is -0.121. The predicted molar refractivity (Wildman–Crippen MR) is 100 cm³/mol. The molecule has 0 spiro atoms. The maximum absolute atomic E-state index is 12.1. The van der Waals surface area contributed by atoms with Gasteiger partial charge in [-0.15, -0.1) is 0 Å². The van der Waals surface area contributed by atoms with Crippen molar-refractivity contribution in [2.45, 2.75) is 32.6 Å². The highest BCUT2D eigenvalue weighted by atomic mass is 16.5. The van der Waals surface area contributed by atoms with Crippen molar-refractivity contribution in [2.75, 3.05) is 20.2 Å². The highest BCUT2D eigenvalue weighted by Crippen LogP contribution is 2.19. The molecule has 1 aromatic heterocycles. The maximum atomic E-state index is 12.1. The summed E-state index contributed by atoms with van der Waals surface area (Å²) in [6.45, 7) is 2.65. The van der Waals surface area contributed by atoms with Gasteiger partial charge in [0.1, 0.15) is 5.75 Å². The summed E-state index contributed by atoms with van der Waals surface area (Å²) in [5.41, 5.74) is 1.14. The fourth-order valence-corrected chi connectivity index (χ4v) is 2.62. The minimum Gasteiger partial charge on any atom is -0.497 e. The van der Waals surface area contributed by atoms with Crippen LogP contribution in [0.5, 0.6) is 5.75 Å². The van der Waals surface area contributed by atoms with E-state index in [9.17, 15) is 14.4 Å². The molecule has 1 aromatic carbocycles. The Balaban J connectivity index is 1.82. The van der Waals surface area contributed by atoms with Crippen molar-refractivity contribution in [2.24, 2.45) is 0 Å². The van der Waals surface area contributed by atoms with Gasteiger partial charge in [-0.05, 0) is 43.5 Å². The summed E-state index contributed by atoms with van der Waals surface area (Å²) in [6, 6.07) is 7.24. The topological polar surface area (TPSA) is 100 Å². The predicted octanol–water partition coefficient (Wildman–Crippen LogP) is 1.50. The van der Waals surface area contributed by atoms with E-state index in [0.29, 0.717) is 30.8 Å². The number of methoxy groups -OCH3 is 1. The normalized spacial score (nSPS) is 10.5. The lowest BCUT2D eigenvalue weighted by Crippen LogP contribution is -2.27. The minimum absolute atomic E-state index is 0.0488. The van der Waals surface area contributed by atoms with Crippen LogP contribution in [0.3, 0.4) is 0 Å². The van der Waals surface area contributed by atoms with Crippen LogP contribution in [0.25, 0.3) is 10.9 Å². The first-order chi connectivity index (χ1) is 12.5. The summed E-state index contributed by atoms with van der Waals surface area (Å²) in [5.74, 6) is 0.578. The average molecular weight is 359 g/mol. The average Bonchev–Trinajstić information content (AvgIpc) is 2.62. The van der Waals surface area contributed by atoms with Crippen molar-refractivity contribution >= 4 is 22.7 Å². The molecule has 0 aliphatic carbocycles. The monoisotopic (exact) mass is 359 g/mol. The van der Waals surface area contributed by atoms with Gasteiger partial charge in [0.25, 0.3) is 5.56 Å². The highest BCUT2D eigenvalue weighted by Gasteiger charge is 2.07. The Bertz CT molecular complexity index is 829. The van der Waals surface area contributed by atoms with E-state index in [4.69, 9.17) is 4.74 Å². The molecule has 1 heterocycles. The first kappa shape index (κ1) is 19.5. The standard InChI is InChI=1S/C19H25N3O4/c1-13(23)20-9-3-4-10-21-18(24)8-5-14-11-15-12-16(26-2)6-7-17(15)22-19(14)25/h6-7,11-12H,3-5,8-10H2,1-2H3,(H,20,23)(H,21,24)(H,22,25). The Morgan fingerprint density at radius 3 is 2.54 bits per heavy atom. The number of aryl methyl sites for hydroxylation is 1. The van der Waals surface area contributed by atoms with Crippen LogP contribution in [-0.4, -0.2) is 37.0 Å². The summed E-state index contributed by atoms with van der Waals surface area (Å²) in [5, 5.41) is 6.42. The summed E-state index contributed by atoms with van der Waals surface area (Å²) in [6.07, 6.45) is 2.23. The lowest BCUT2D eigenvalue weighted by atomic mass is 10.1. The molecule has 7 heteroatoms. The molecule has 2 aromatic rings. The molecule has 3 N–H and O–H groups in total. The van der Waals surface area contributed by atoms with E-state index in [-0.39, 0.29) is 23.8 Å². The Morgan fingerprint density at radius 1 is 1.12 bits per heavy atom. The number of fused-ring (bicyclic) bond motifs is 1. The molecule has 0 saturated heterocycles. The molecule has 26 heavy (non-hydrogen) atoms. The number of nitrogens with one attached hydrogen (secondary N) is 3. The van der Waals surface area contributed by atoms with Gasteiger partial charge in [-0.25, -0.2) is 0 Å². The second-order valence-corrected chi connectivity index (χ2v) is 6.12. The molecule has 0 unspecified atom stereocenters. The first-order valence-electron chi connectivity index (χ1n) is 8.70. The summed E-state index contributed by atoms with van der Waals surface area (Å²) < 4.78 is 5.20. The van der Waals surface area contributed by atoms with Crippen molar-refractivity contribution in [3.05, 3.63) is 40.2 Å². The SMILES string of the molecule is COc1ccc2[nH]c(=O)c(CCC(=O)NCCCCNC(C)=O)cc2c1. The number of H-pyrrole nitrogens is 1. The molecule has 0 aliphatic heterocycles. The van der Waals surface area contributed by atoms with Gasteiger partial charge in [0.2, 0.25) is 11.8 Å². The second-order valence-electron chi connectivity index (χ2n) is 6.12. The quantitative estimate of drug-likeness (QED) is 0.591. The van der Waals surface area contributed by atoms with Gasteiger partial charge < -0.3 is 20.4 Å². The number of carbonyl (C=O) groups is 2. The van der Waals surface area contributed by atoms with Gasteiger partial charge in [0, 0.05) is 42.9 Å². The van der Waals surface area contributed by atoms with E-state index in [1.807, 2.05) is 6.07 Å². The first-order valence-corrected chi connectivity index (χ1v) is 8.70. The number of amides is 2. The summed E-state index contributed by atoms with van der Waals surface area (Å²) >= 11 is 0. The zero-order valence-electron chi connectivity index (χ0n) is 15.2. The molecule has 2 rings (SSSR count). The number of pyridine rings is 1. The molecule has 140 valence electrons. The Morgan fingerprint density at radius 2 is 1.85 bits per heavy atom. The highest BCUT2D eigenvalue weighted by molar-refractivity contribution is 5.81. The van der Waals surface area contributed by atoms with Gasteiger partial charge in [0.05, 0.1) is 7.11 Å². The Hall–Kier alpha value is -2.83. The van der Waals surface area contributed by atoms with E-state index < -0.39 is 0 Å². The molecular formula is C19H25N3O4. The molecule has 0 bridgehead atoms. The number of ether oxygens (including phenoxy) is 1. The van der Waals surface area contributed by atoms with Crippen LogP contribution < -0.4 is 20.9 Å². The van der Waals surface area contributed by atoms with E-state index in [1.54, 1.807) is 25.3 Å². The number of benzene rings is 1. The summed E-state index contributed by atoms with van der Waals surface area (Å²) in [7, 11) is 1.59. The van der Waals surface area contributed by atoms with Crippen molar-refractivity contribution < 1.29 is 14.3 Å². The molecule has 0 radical (unpaired) electrons. The molecule has 0 saturated carbocycles. The smallest absolute Gasteiger partial charge is 0.251 e. The van der Waals surface area contributed by atoms with Gasteiger partial charge in [-0.2, -0.15) is 0 Å². The second kappa shape index (κ2) is 9.60. The molecule has 0 fully saturated rings. The molecule has 7 nitrogen and oxygen atoms in total. The van der Waals surface area contributed by atoms with Crippen LogP contribution in [0.1, 0.15) is 31.7 Å². The largest absolute Gasteiger partial charge is 0.497 e. The Kier molecular flexibility index (Phi) is 7.20. The van der Waals surface area contributed by atoms with Crippen molar-refractivity contribution in [1.29, 1.82) is 0 Å². The van der Waals surface area contributed by atoms with E-state index in [1.165, 1.54) is 6.92 Å². The van der Waals surface area contributed by atoms with E-state index in [2.05, 4.69) is 15.6 Å². The van der Waals surface area contributed by atoms with Crippen LogP contribution in [0, 0.1) is 0 Å². The van der Waals surface area contributed by atoms with Crippen LogP contribution >= 0.6 is 0 Å². The molecule has 0 aliphatic rings. The third-order valence-electron chi connectivity index (χ3n) is 4.05. The number of aromatic nitrogens is 1. The molecule has 0 atom stereocenters. The zero-order valence-corrected chi connectivity index (χ0v) is 15.2. The third kappa shape index (κ3) is 5.91. The van der Waals surface area contributed by atoms with E-state index >= 15 is 0 Å². The maximum Gasteiger partial charge on any atom is 0.251 e. The lowest BCUT2D eigenvalue weighted by Gasteiger charge is -2.07. The number of aromatic amines is 1. The minimum atomic E-state index is -0.175. The van der Waals surface area contributed by atoms with Crippen LogP contribution in [0.4, 0.5) is 0 Å². The van der Waals surface area contributed by atoms with Gasteiger partial charge in [-0.1, -0.05) is 0 Å². The molecule has 2 amide bonds. The summed E-state index contributed by atoms with van der Waals surface area (Å²) in [4.78, 5) is 37.6. The van der Waals surface area contributed by atoms with Gasteiger partial charge >= 0.3 is 0 Å².